The van der Waals surface area contributed by atoms with Crippen molar-refractivity contribution in [3.05, 3.63) is 101 Å². The molecule has 0 aliphatic carbocycles. The highest BCUT2D eigenvalue weighted by atomic mass is 16.2. The highest BCUT2D eigenvalue weighted by Gasteiger charge is 2.12. The summed E-state index contributed by atoms with van der Waals surface area (Å²) in [5.74, 6) is -0.321. The molecule has 2 N–H and O–H groups in total. The molecule has 0 aromatic heterocycles. The molecule has 3 rings (SSSR count). The first-order valence-electron chi connectivity index (χ1n) is 9.49. The molecule has 0 aliphatic rings. The Labute approximate surface area is 165 Å². The molecule has 0 aliphatic heterocycles. The number of aryl methyl sites for hydroxylation is 2. The Hall–Kier alpha value is -3.40. The number of carbonyl (C=O) groups excluding carboxylic acids is 2. The summed E-state index contributed by atoms with van der Waals surface area (Å²) < 4.78 is 0. The molecule has 0 saturated heterocycles. The van der Waals surface area contributed by atoms with E-state index >= 15 is 0 Å². The summed E-state index contributed by atoms with van der Waals surface area (Å²) in [7, 11) is 0. The van der Waals surface area contributed by atoms with Crippen LogP contribution in [0.1, 0.15) is 38.8 Å². The maximum absolute atomic E-state index is 12.8. The summed E-state index contributed by atoms with van der Waals surface area (Å²) >= 11 is 0. The zero-order valence-electron chi connectivity index (χ0n) is 15.9. The van der Waals surface area contributed by atoms with Crippen LogP contribution in [0.25, 0.3) is 0 Å². The van der Waals surface area contributed by atoms with E-state index in [1.807, 2.05) is 49.4 Å². The Morgan fingerprint density at radius 2 is 1.54 bits per heavy atom. The first-order valence-corrected chi connectivity index (χ1v) is 9.49. The van der Waals surface area contributed by atoms with Gasteiger partial charge in [0.05, 0.1) is 0 Å². The Morgan fingerprint density at radius 1 is 0.786 bits per heavy atom. The molecular formula is C24H24N2O2. The summed E-state index contributed by atoms with van der Waals surface area (Å²) in [4.78, 5) is 24.8. The molecule has 0 heterocycles. The standard InChI is InChI=1S/C24H24N2O2/c1-2-25-23(27)20-12-8-13-21(17-20)26-24(28)22-14-7-6-11-19(22)16-15-18-9-4-3-5-10-18/h3-14,17H,2,15-16H2,1H3,(H,25,27)(H,26,28). The van der Waals surface area contributed by atoms with E-state index in [1.54, 1.807) is 24.3 Å². The molecule has 3 aromatic carbocycles. The third kappa shape index (κ3) is 5.07. The van der Waals surface area contributed by atoms with Gasteiger partial charge >= 0.3 is 0 Å². The minimum Gasteiger partial charge on any atom is -0.352 e. The molecule has 0 unspecified atom stereocenters. The Morgan fingerprint density at radius 3 is 2.32 bits per heavy atom. The normalized spacial score (nSPS) is 10.3. The van der Waals surface area contributed by atoms with E-state index in [0.717, 1.165) is 18.4 Å². The van der Waals surface area contributed by atoms with Crippen molar-refractivity contribution in [1.82, 2.24) is 5.32 Å². The van der Waals surface area contributed by atoms with Crippen molar-refractivity contribution < 1.29 is 9.59 Å². The van der Waals surface area contributed by atoms with Crippen molar-refractivity contribution in [2.45, 2.75) is 19.8 Å². The van der Waals surface area contributed by atoms with Crippen molar-refractivity contribution in [2.75, 3.05) is 11.9 Å². The van der Waals surface area contributed by atoms with E-state index in [2.05, 4.69) is 22.8 Å². The van der Waals surface area contributed by atoms with Gasteiger partial charge in [0.1, 0.15) is 0 Å². The van der Waals surface area contributed by atoms with Crippen molar-refractivity contribution in [3.63, 3.8) is 0 Å². The molecule has 142 valence electrons. The van der Waals surface area contributed by atoms with E-state index in [0.29, 0.717) is 23.4 Å². The topological polar surface area (TPSA) is 58.2 Å². The number of hydrogen-bond donors (Lipinski definition) is 2. The van der Waals surface area contributed by atoms with Crippen molar-refractivity contribution in [1.29, 1.82) is 0 Å². The van der Waals surface area contributed by atoms with Gasteiger partial charge in [-0.25, -0.2) is 0 Å². The second kappa shape index (κ2) is 9.51. The molecule has 28 heavy (non-hydrogen) atoms. The first-order chi connectivity index (χ1) is 13.7. The zero-order chi connectivity index (χ0) is 19.8. The van der Waals surface area contributed by atoms with Crippen LogP contribution in [-0.2, 0) is 12.8 Å². The minimum absolute atomic E-state index is 0.151. The Kier molecular flexibility index (Phi) is 6.58. The van der Waals surface area contributed by atoms with Crippen LogP contribution in [0.4, 0.5) is 5.69 Å². The van der Waals surface area contributed by atoms with Crippen LogP contribution in [0.5, 0.6) is 0 Å². The maximum atomic E-state index is 12.8. The van der Waals surface area contributed by atoms with Crippen molar-refractivity contribution in [2.24, 2.45) is 0 Å². The molecule has 0 saturated carbocycles. The average molecular weight is 372 g/mol. The lowest BCUT2D eigenvalue weighted by molar-refractivity contribution is 0.0954. The number of hydrogen-bond acceptors (Lipinski definition) is 2. The molecule has 2 amide bonds. The van der Waals surface area contributed by atoms with Gasteiger partial charge in [-0.05, 0) is 55.2 Å². The number of rotatable bonds is 7. The fraction of sp³-hybridized carbons (Fsp3) is 0.167. The monoisotopic (exact) mass is 372 g/mol. The molecule has 3 aromatic rings. The van der Waals surface area contributed by atoms with Crippen LogP contribution in [0.3, 0.4) is 0 Å². The maximum Gasteiger partial charge on any atom is 0.255 e. The highest BCUT2D eigenvalue weighted by Crippen LogP contribution is 2.16. The lowest BCUT2D eigenvalue weighted by Gasteiger charge is -2.11. The molecule has 0 radical (unpaired) electrons. The van der Waals surface area contributed by atoms with Gasteiger partial charge in [0.2, 0.25) is 0 Å². The zero-order valence-corrected chi connectivity index (χ0v) is 15.9. The summed E-state index contributed by atoms with van der Waals surface area (Å²) in [6.07, 6.45) is 1.66. The van der Waals surface area contributed by atoms with Gasteiger partial charge in [0.15, 0.2) is 0 Å². The lowest BCUT2D eigenvalue weighted by Crippen LogP contribution is -2.23. The number of amides is 2. The Balaban J connectivity index is 1.73. The first kappa shape index (κ1) is 19.4. The molecular weight excluding hydrogens is 348 g/mol. The predicted octanol–water partition coefficient (Wildman–Crippen LogP) is 4.47. The second-order valence-electron chi connectivity index (χ2n) is 6.54. The van der Waals surface area contributed by atoms with Gasteiger partial charge in [-0.2, -0.15) is 0 Å². The van der Waals surface area contributed by atoms with Gasteiger partial charge in [0.25, 0.3) is 11.8 Å². The average Bonchev–Trinajstić information content (AvgIpc) is 2.73. The van der Waals surface area contributed by atoms with E-state index in [4.69, 9.17) is 0 Å². The number of nitrogens with one attached hydrogen (secondary N) is 2. The summed E-state index contributed by atoms with van der Waals surface area (Å²) in [5.41, 5.74) is 4.03. The van der Waals surface area contributed by atoms with Gasteiger partial charge in [-0.1, -0.05) is 54.6 Å². The third-order valence-corrected chi connectivity index (χ3v) is 4.51. The van der Waals surface area contributed by atoms with Gasteiger partial charge < -0.3 is 10.6 Å². The fourth-order valence-electron chi connectivity index (χ4n) is 3.08. The molecule has 0 atom stereocenters. The van der Waals surface area contributed by atoms with Gasteiger partial charge in [-0.15, -0.1) is 0 Å². The van der Waals surface area contributed by atoms with Crippen LogP contribution in [0.2, 0.25) is 0 Å². The van der Waals surface area contributed by atoms with Crippen LogP contribution >= 0.6 is 0 Å². The van der Waals surface area contributed by atoms with Crippen molar-refractivity contribution in [3.8, 4) is 0 Å². The number of benzene rings is 3. The SMILES string of the molecule is CCNC(=O)c1cccc(NC(=O)c2ccccc2CCc2ccccc2)c1. The van der Waals surface area contributed by atoms with E-state index in [1.165, 1.54) is 5.56 Å². The molecule has 0 bridgehead atoms. The number of carbonyl (C=O) groups is 2. The Bertz CT molecular complexity index is 952. The molecule has 4 nitrogen and oxygen atoms in total. The van der Waals surface area contributed by atoms with Crippen molar-refractivity contribution >= 4 is 17.5 Å². The van der Waals surface area contributed by atoms with Crippen LogP contribution in [-0.4, -0.2) is 18.4 Å². The van der Waals surface area contributed by atoms with E-state index in [9.17, 15) is 9.59 Å². The highest BCUT2D eigenvalue weighted by molar-refractivity contribution is 6.06. The lowest BCUT2D eigenvalue weighted by atomic mass is 9.99. The molecule has 4 heteroatoms. The summed E-state index contributed by atoms with van der Waals surface area (Å²) in [5, 5.41) is 5.68. The largest absolute Gasteiger partial charge is 0.352 e. The van der Waals surface area contributed by atoms with Crippen LogP contribution < -0.4 is 10.6 Å². The smallest absolute Gasteiger partial charge is 0.255 e. The quantitative estimate of drug-likeness (QED) is 0.643. The minimum atomic E-state index is -0.170. The fourth-order valence-corrected chi connectivity index (χ4v) is 3.08. The molecule has 0 fully saturated rings. The molecule has 0 spiro atoms. The van der Waals surface area contributed by atoms with Gasteiger partial charge in [-0.3, -0.25) is 9.59 Å². The number of anilines is 1. The van der Waals surface area contributed by atoms with Gasteiger partial charge in [0, 0.05) is 23.4 Å². The summed E-state index contributed by atoms with van der Waals surface area (Å²) in [6, 6.07) is 24.8. The predicted molar refractivity (Wildman–Crippen MR) is 113 cm³/mol. The van der Waals surface area contributed by atoms with Crippen LogP contribution in [0.15, 0.2) is 78.9 Å². The summed E-state index contributed by atoms with van der Waals surface area (Å²) in [6.45, 7) is 2.43. The van der Waals surface area contributed by atoms with E-state index < -0.39 is 0 Å². The van der Waals surface area contributed by atoms with Crippen LogP contribution in [0, 0.1) is 0 Å². The third-order valence-electron chi connectivity index (χ3n) is 4.51. The van der Waals surface area contributed by atoms with E-state index in [-0.39, 0.29) is 11.8 Å². The second-order valence-corrected chi connectivity index (χ2v) is 6.54.